The summed E-state index contributed by atoms with van der Waals surface area (Å²) in [5, 5.41) is -0.609. The highest BCUT2D eigenvalue weighted by molar-refractivity contribution is 7.86. The van der Waals surface area contributed by atoms with Gasteiger partial charge < -0.3 is 4.55 Å². The Morgan fingerprint density at radius 1 is 1.29 bits per heavy atom. The molecule has 0 bridgehead atoms. The maximum atomic E-state index is 10.8. The number of hydrogen-bond donors (Lipinski definition) is 0. The van der Waals surface area contributed by atoms with E-state index in [1.54, 1.807) is 0 Å². The molecule has 3 nitrogen and oxygen atoms in total. The van der Waals surface area contributed by atoms with Crippen LogP contribution in [-0.4, -0.2) is 18.2 Å². The van der Waals surface area contributed by atoms with Crippen molar-refractivity contribution in [1.29, 1.82) is 0 Å². The Hall–Kier alpha value is -0.0900. The van der Waals surface area contributed by atoms with Crippen LogP contribution >= 0.6 is 0 Å². The van der Waals surface area contributed by atoms with E-state index < -0.39 is 15.4 Å². The van der Waals surface area contributed by atoms with Gasteiger partial charge >= 0.3 is 0 Å². The van der Waals surface area contributed by atoms with E-state index in [1.807, 2.05) is 0 Å². The Labute approximate surface area is 86.6 Å². The van der Waals surface area contributed by atoms with Gasteiger partial charge in [-0.1, -0.05) is 20.3 Å². The molecule has 1 aliphatic rings. The summed E-state index contributed by atoms with van der Waals surface area (Å²) >= 11 is 0. The smallest absolute Gasteiger partial charge is 0.0975 e. The molecular weight excluding hydrogens is 200 g/mol. The second-order valence-corrected chi connectivity index (χ2v) is 6.07. The van der Waals surface area contributed by atoms with E-state index in [9.17, 15) is 13.0 Å². The van der Waals surface area contributed by atoms with Crippen LogP contribution in [-0.2, 0) is 10.1 Å². The third-order valence-electron chi connectivity index (χ3n) is 3.58. The minimum atomic E-state index is -4.03. The van der Waals surface area contributed by atoms with Crippen molar-refractivity contribution in [3.05, 3.63) is 0 Å². The molecule has 1 fully saturated rings. The fourth-order valence-corrected chi connectivity index (χ4v) is 3.13. The zero-order valence-electron chi connectivity index (χ0n) is 8.90. The molecule has 1 rings (SSSR count). The Bertz CT molecular complexity index is 263. The van der Waals surface area contributed by atoms with Gasteiger partial charge in [-0.15, -0.1) is 0 Å². The second kappa shape index (κ2) is 4.62. The zero-order chi connectivity index (χ0) is 10.8. The zero-order valence-corrected chi connectivity index (χ0v) is 9.72. The monoisotopic (exact) mass is 219 g/mol. The van der Waals surface area contributed by atoms with Crippen LogP contribution in [0, 0.1) is 11.8 Å². The fourth-order valence-electron chi connectivity index (χ4n) is 2.28. The van der Waals surface area contributed by atoms with Gasteiger partial charge in [0.2, 0.25) is 0 Å². The highest BCUT2D eigenvalue weighted by Gasteiger charge is 2.27. The van der Waals surface area contributed by atoms with Crippen LogP contribution < -0.4 is 0 Å². The molecular formula is C10H19O3S-. The van der Waals surface area contributed by atoms with Crippen LogP contribution in [0.25, 0.3) is 0 Å². The van der Waals surface area contributed by atoms with Gasteiger partial charge in [0.05, 0.1) is 10.1 Å². The van der Waals surface area contributed by atoms with Crippen molar-refractivity contribution in [1.82, 2.24) is 0 Å². The highest BCUT2D eigenvalue weighted by Crippen LogP contribution is 2.33. The van der Waals surface area contributed by atoms with Crippen molar-refractivity contribution >= 4 is 10.1 Å². The standard InChI is InChI=1S/C10H20O3S/c1-3-8(2)9-4-6-10(7-5-9)14(11,12)13/h8-10H,3-7H2,1-2H3,(H,11,12,13)/p-1. The summed E-state index contributed by atoms with van der Waals surface area (Å²) in [6.07, 6.45) is 4.09. The first kappa shape index (κ1) is 12.0. The molecule has 1 atom stereocenters. The number of rotatable bonds is 3. The molecule has 0 spiro atoms. The summed E-state index contributed by atoms with van der Waals surface area (Å²) in [4.78, 5) is 0. The summed E-state index contributed by atoms with van der Waals surface area (Å²) in [6.45, 7) is 4.36. The lowest BCUT2D eigenvalue weighted by atomic mass is 9.80. The molecule has 0 N–H and O–H groups in total. The van der Waals surface area contributed by atoms with E-state index in [0.717, 1.165) is 19.3 Å². The van der Waals surface area contributed by atoms with E-state index in [-0.39, 0.29) is 0 Å². The first-order valence-electron chi connectivity index (χ1n) is 5.39. The maximum Gasteiger partial charge on any atom is 0.0975 e. The van der Waals surface area contributed by atoms with Gasteiger partial charge in [0.1, 0.15) is 0 Å². The van der Waals surface area contributed by atoms with Gasteiger partial charge in [0.15, 0.2) is 0 Å². The van der Waals surface area contributed by atoms with Crippen molar-refractivity contribution in [2.75, 3.05) is 0 Å². The SMILES string of the molecule is CCC(C)C1CCC(S(=O)(=O)[O-])CC1. The topological polar surface area (TPSA) is 57.2 Å². The van der Waals surface area contributed by atoms with Gasteiger partial charge in [-0.05, 0) is 37.5 Å². The first-order valence-corrected chi connectivity index (χ1v) is 6.87. The van der Waals surface area contributed by atoms with E-state index in [1.165, 1.54) is 0 Å². The third kappa shape index (κ3) is 2.95. The molecule has 14 heavy (non-hydrogen) atoms. The third-order valence-corrected chi connectivity index (χ3v) is 4.86. The van der Waals surface area contributed by atoms with Crippen LogP contribution in [0.4, 0.5) is 0 Å². The van der Waals surface area contributed by atoms with Gasteiger partial charge in [-0.3, -0.25) is 0 Å². The molecule has 0 saturated heterocycles. The Morgan fingerprint density at radius 2 is 1.79 bits per heavy atom. The lowest BCUT2D eigenvalue weighted by Gasteiger charge is -2.32. The Morgan fingerprint density at radius 3 is 2.14 bits per heavy atom. The fraction of sp³-hybridized carbons (Fsp3) is 1.00. The van der Waals surface area contributed by atoms with Crippen molar-refractivity contribution in [2.45, 2.75) is 51.2 Å². The minimum Gasteiger partial charge on any atom is -0.748 e. The molecule has 1 unspecified atom stereocenters. The molecule has 84 valence electrons. The van der Waals surface area contributed by atoms with Crippen LogP contribution in [0.1, 0.15) is 46.0 Å². The quantitative estimate of drug-likeness (QED) is 0.683. The molecule has 0 aromatic carbocycles. The average molecular weight is 219 g/mol. The Kier molecular flexibility index (Phi) is 3.95. The molecule has 1 aliphatic carbocycles. The molecule has 0 aromatic rings. The molecule has 0 radical (unpaired) electrons. The van der Waals surface area contributed by atoms with Gasteiger partial charge in [-0.25, -0.2) is 8.42 Å². The van der Waals surface area contributed by atoms with E-state index in [0.29, 0.717) is 24.7 Å². The van der Waals surface area contributed by atoms with Crippen molar-refractivity contribution in [3.63, 3.8) is 0 Å². The molecule has 0 aliphatic heterocycles. The molecule has 1 saturated carbocycles. The highest BCUT2D eigenvalue weighted by atomic mass is 32.2. The normalized spacial score (nSPS) is 31.4. The van der Waals surface area contributed by atoms with Gasteiger partial charge in [0, 0.05) is 5.25 Å². The van der Waals surface area contributed by atoms with Crippen molar-refractivity contribution in [2.24, 2.45) is 11.8 Å². The molecule has 0 aromatic heterocycles. The van der Waals surface area contributed by atoms with Crippen LogP contribution in [0.3, 0.4) is 0 Å². The Balaban J connectivity index is 2.47. The maximum absolute atomic E-state index is 10.8. The van der Waals surface area contributed by atoms with Crippen LogP contribution in [0.2, 0.25) is 0 Å². The van der Waals surface area contributed by atoms with E-state index >= 15 is 0 Å². The predicted octanol–water partition coefficient (Wildman–Crippen LogP) is 2.14. The summed E-state index contributed by atoms with van der Waals surface area (Å²) in [6, 6.07) is 0. The second-order valence-electron chi connectivity index (χ2n) is 4.42. The molecule has 0 amide bonds. The summed E-state index contributed by atoms with van der Waals surface area (Å²) in [5.41, 5.74) is 0. The minimum absolute atomic E-state index is 0.570. The lowest BCUT2D eigenvalue weighted by Crippen LogP contribution is -2.28. The summed E-state index contributed by atoms with van der Waals surface area (Å²) in [7, 11) is -4.03. The van der Waals surface area contributed by atoms with Crippen molar-refractivity contribution < 1.29 is 13.0 Å². The largest absolute Gasteiger partial charge is 0.748 e. The van der Waals surface area contributed by atoms with Gasteiger partial charge in [0.25, 0.3) is 0 Å². The number of hydrogen-bond acceptors (Lipinski definition) is 3. The van der Waals surface area contributed by atoms with Crippen molar-refractivity contribution in [3.8, 4) is 0 Å². The predicted molar refractivity (Wildman–Crippen MR) is 54.9 cm³/mol. The van der Waals surface area contributed by atoms with Crippen LogP contribution in [0.5, 0.6) is 0 Å². The summed E-state index contributed by atoms with van der Waals surface area (Å²) in [5.74, 6) is 1.28. The lowest BCUT2D eigenvalue weighted by molar-refractivity contribution is 0.254. The molecule has 4 heteroatoms. The van der Waals surface area contributed by atoms with Crippen LogP contribution in [0.15, 0.2) is 0 Å². The average Bonchev–Trinajstić information content (AvgIpc) is 2.15. The first-order chi connectivity index (χ1) is 6.45. The van der Waals surface area contributed by atoms with E-state index in [4.69, 9.17) is 0 Å². The van der Waals surface area contributed by atoms with E-state index in [2.05, 4.69) is 13.8 Å². The van der Waals surface area contributed by atoms with Gasteiger partial charge in [-0.2, -0.15) is 0 Å². The molecule has 0 heterocycles. The summed E-state index contributed by atoms with van der Waals surface area (Å²) < 4.78 is 32.3.